The minimum Gasteiger partial charge on any atom is -0.297 e. The zero-order valence-electron chi connectivity index (χ0n) is 21.5. The Labute approximate surface area is 197 Å². The van der Waals surface area contributed by atoms with Crippen LogP contribution >= 0.6 is 0 Å². The number of rotatable bonds is 7. The molecular weight excluding hydrogens is 420 g/mol. The Balaban J connectivity index is 2.11. The molecule has 2 heterocycles. The lowest BCUT2D eigenvalue weighted by Gasteiger charge is -2.32. The molecule has 182 valence electrons. The van der Waals surface area contributed by atoms with Gasteiger partial charge in [-0.15, -0.1) is 0 Å². The Hall–Kier alpha value is -2.57. The van der Waals surface area contributed by atoms with E-state index in [1.807, 2.05) is 41.5 Å². The maximum atomic E-state index is 13.2. The van der Waals surface area contributed by atoms with Crippen molar-refractivity contribution in [1.29, 1.82) is 0 Å². The van der Waals surface area contributed by atoms with Crippen LogP contribution in [0, 0.1) is 16.2 Å². The largest absolute Gasteiger partial charge is 0.297 e. The molecule has 0 aromatic rings. The first-order valence-electron chi connectivity index (χ1n) is 11.6. The standard InChI is InChI=1S/C26H38N2O5/c1-24(2,3)16-14-19(29)27(22(16)32)13-11-10-12-18(21(31)26(7,8)9)28-20(30)15-17(23(28)33)25(4,5)6/h14-15,18H,10-13H2,1-9H3/t18-/m0/s1. The van der Waals surface area contributed by atoms with Crippen molar-refractivity contribution in [3.8, 4) is 0 Å². The number of Topliss-reactive ketones (excluding diaryl/α,β-unsaturated/α-hetero) is 1. The van der Waals surface area contributed by atoms with E-state index in [0.717, 1.165) is 4.90 Å². The molecule has 0 fully saturated rings. The molecule has 0 unspecified atom stereocenters. The van der Waals surface area contributed by atoms with Crippen LogP contribution in [0.2, 0.25) is 0 Å². The molecule has 0 aromatic heterocycles. The lowest BCUT2D eigenvalue weighted by atomic mass is 9.83. The highest BCUT2D eigenvalue weighted by molar-refractivity contribution is 6.19. The van der Waals surface area contributed by atoms with E-state index in [1.165, 1.54) is 17.1 Å². The predicted molar refractivity (Wildman–Crippen MR) is 126 cm³/mol. The third kappa shape index (κ3) is 5.68. The van der Waals surface area contributed by atoms with Gasteiger partial charge in [0, 0.05) is 35.3 Å². The van der Waals surface area contributed by atoms with Crippen LogP contribution < -0.4 is 0 Å². The summed E-state index contributed by atoms with van der Waals surface area (Å²) in [6.07, 6.45) is 3.99. The lowest BCUT2D eigenvalue weighted by molar-refractivity contribution is -0.148. The Morgan fingerprint density at radius 3 is 1.67 bits per heavy atom. The molecule has 33 heavy (non-hydrogen) atoms. The normalized spacial score (nSPS) is 18.8. The van der Waals surface area contributed by atoms with Gasteiger partial charge in [0.05, 0.1) is 6.04 Å². The molecule has 0 saturated heterocycles. The summed E-state index contributed by atoms with van der Waals surface area (Å²) >= 11 is 0. The van der Waals surface area contributed by atoms with Gasteiger partial charge in [-0.05, 0) is 30.1 Å². The molecule has 2 aliphatic rings. The van der Waals surface area contributed by atoms with E-state index in [-0.39, 0.29) is 30.6 Å². The van der Waals surface area contributed by atoms with Crippen LogP contribution in [0.25, 0.3) is 0 Å². The summed E-state index contributed by atoms with van der Waals surface area (Å²) in [6.45, 7) is 16.8. The van der Waals surface area contributed by atoms with E-state index < -0.39 is 34.1 Å². The number of unbranched alkanes of at least 4 members (excludes halogenated alkanes) is 1. The maximum absolute atomic E-state index is 13.2. The molecule has 0 aromatic carbocycles. The van der Waals surface area contributed by atoms with Crippen molar-refractivity contribution in [3.05, 3.63) is 23.3 Å². The fraction of sp³-hybridized carbons (Fsp3) is 0.654. The second-order valence-corrected chi connectivity index (χ2v) is 12.1. The minimum atomic E-state index is -0.880. The molecule has 7 heteroatoms. The van der Waals surface area contributed by atoms with Gasteiger partial charge in [-0.1, -0.05) is 62.3 Å². The number of nitrogens with zero attached hydrogens (tertiary/aromatic N) is 2. The molecule has 0 N–H and O–H groups in total. The highest BCUT2D eigenvalue weighted by Gasteiger charge is 2.45. The summed E-state index contributed by atoms with van der Waals surface area (Å²) < 4.78 is 0. The van der Waals surface area contributed by atoms with Crippen LogP contribution in [0.4, 0.5) is 0 Å². The average molecular weight is 459 g/mol. The van der Waals surface area contributed by atoms with Crippen LogP contribution in [-0.2, 0) is 24.0 Å². The monoisotopic (exact) mass is 458 g/mol. The van der Waals surface area contributed by atoms with Crippen molar-refractivity contribution in [2.75, 3.05) is 6.54 Å². The summed E-state index contributed by atoms with van der Waals surface area (Å²) in [4.78, 5) is 66.3. The minimum absolute atomic E-state index is 0.183. The fourth-order valence-electron chi connectivity index (χ4n) is 4.06. The van der Waals surface area contributed by atoms with Crippen molar-refractivity contribution in [2.45, 2.75) is 87.6 Å². The first-order chi connectivity index (χ1) is 14.9. The molecule has 0 aliphatic carbocycles. The first-order valence-corrected chi connectivity index (χ1v) is 11.6. The lowest BCUT2D eigenvalue weighted by Crippen LogP contribution is -2.49. The van der Waals surface area contributed by atoms with Gasteiger partial charge < -0.3 is 0 Å². The van der Waals surface area contributed by atoms with Crippen LogP contribution in [0.1, 0.15) is 81.6 Å². The zero-order valence-corrected chi connectivity index (χ0v) is 21.5. The number of carbonyl (C=O) groups is 5. The molecule has 4 amide bonds. The first kappa shape index (κ1) is 26.7. The number of imide groups is 2. The fourth-order valence-corrected chi connectivity index (χ4v) is 4.06. The van der Waals surface area contributed by atoms with Gasteiger partial charge in [-0.2, -0.15) is 0 Å². The van der Waals surface area contributed by atoms with E-state index in [2.05, 4.69) is 0 Å². The van der Waals surface area contributed by atoms with Crippen molar-refractivity contribution < 1.29 is 24.0 Å². The topological polar surface area (TPSA) is 91.8 Å². The van der Waals surface area contributed by atoms with E-state index in [1.54, 1.807) is 20.8 Å². The summed E-state index contributed by atoms with van der Waals surface area (Å²) in [5.41, 5.74) is -0.775. The van der Waals surface area contributed by atoms with Gasteiger partial charge in [0.2, 0.25) is 0 Å². The van der Waals surface area contributed by atoms with Gasteiger partial charge in [0.1, 0.15) is 0 Å². The number of ketones is 1. The second-order valence-electron chi connectivity index (χ2n) is 12.1. The van der Waals surface area contributed by atoms with E-state index >= 15 is 0 Å². The van der Waals surface area contributed by atoms with Crippen molar-refractivity contribution >= 4 is 29.4 Å². The Kier molecular flexibility index (Phi) is 7.27. The number of carbonyl (C=O) groups excluding carboxylic acids is 5. The van der Waals surface area contributed by atoms with Gasteiger partial charge in [-0.3, -0.25) is 33.8 Å². The van der Waals surface area contributed by atoms with Crippen molar-refractivity contribution in [2.24, 2.45) is 16.2 Å². The third-order valence-corrected chi connectivity index (χ3v) is 6.04. The van der Waals surface area contributed by atoms with Crippen LogP contribution in [-0.4, -0.2) is 51.8 Å². The van der Waals surface area contributed by atoms with E-state index in [4.69, 9.17) is 0 Å². The molecule has 0 spiro atoms. The van der Waals surface area contributed by atoms with Crippen molar-refractivity contribution in [3.63, 3.8) is 0 Å². The summed E-state index contributed by atoms with van der Waals surface area (Å²) in [7, 11) is 0. The zero-order chi connectivity index (χ0) is 25.5. The Morgan fingerprint density at radius 1 is 0.758 bits per heavy atom. The maximum Gasteiger partial charge on any atom is 0.258 e. The summed E-state index contributed by atoms with van der Waals surface area (Å²) in [5, 5.41) is 0. The average Bonchev–Trinajstić information content (AvgIpc) is 3.10. The predicted octanol–water partition coefficient (Wildman–Crippen LogP) is 3.82. The van der Waals surface area contributed by atoms with Gasteiger partial charge in [0.15, 0.2) is 5.78 Å². The molecule has 2 rings (SSSR count). The van der Waals surface area contributed by atoms with Crippen molar-refractivity contribution in [1.82, 2.24) is 9.80 Å². The SMILES string of the molecule is CC(C)(C)C(=O)[C@H](CCCCN1C(=O)C=C(C(C)(C)C)C1=O)N1C(=O)C=C(C(C)(C)C)C1=O. The van der Waals surface area contributed by atoms with E-state index in [9.17, 15) is 24.0 Å². The molecule has 0 radical (unpaired) electrons. The van der Waals surface area contributed by atoms with Crippen LogP contribution in [0.5, 0.6) is 0 Å². The van der Waals surface area contributed by atoms with Gasteiger partial charge >= 0.3 is 0 Å². The third-order valence-electron chi connectivity index (χ3n) is 6.04. The number of hydrogen-bond acceptors (Lipinski definition) is 5. The van der Waals surface area contributed by atoms with Gasteiger partial charge in [0.25, 0.3) is 23.6 Å². The summed E-state index contributed by atoms with van der Waals surface area (Å²) in [6, 6.07) is -0.880. The number of hydrogen-bond donors (Lipinski definition) is 0. The van der Waals surface area contributed by atoms with Crippen LogP contribution in [0.3, 0.4) is 0 Å². The Morgan fingerprint density at radius 2 is 1.24 bits per heavy atom. The second kappa shape index (κ2) is 8.99. The number of amides is 4. The highest BCUT2D eigenvalue weighted by Crippen LogP contribution is 2.34. The smallest absolute Gasteiger partial charge is 0.258 e. The molecule has 1 atom stereocenters. The molecule has 2 aliphatic heterocycles. The highest BCUT2D eigenvalue weighted by atomic mass is 16.2. The van der Waals surface area contributed by atoms with Crippen LogP contribution in [0.15, 0.2) is 23.3 Å². The molecule has 7 nitrogen and oxygen atoms in total. The molecular formula is C26H38N2O5. The molecule has 0 saturated carbocycles. The van der Waals surface area contributed by atoms with E-state index in [0.29, 0.717) is 24.0 Å². The quantitative estimate of drug-likeness (QED) is 0.427. The summed E-state index contributed by atoms with van der Waals surface area (Å²) in [5.74, 6) is -1.66. The Bertz CT molecular complexity index is 935. The van der Waals surface area contributed by atoms with Gasteiger partial charge in [-0.25, -0.2) is 0 Å². The molecule has 0 bridgehead atoms.